The topological polar surface area (TPSA) is 37.8 Å². The van der Waals surface area contributed by atoms with Crippen molar-refractivity contribution in [3.05, 3.63) is 33.8 Å². The lowest BCUT2D eigenvalue weighted by atomic mass is 10.2. The van der Waals surface area contributed by atoms with Gasteiger partial charge in [-0.25, -0.2) is 0 Å². The third kappa shape index (κ3) is 3.28. The molecule has 5 heteroatoms. The van der Waals surface area contributed by atoms with Crippen LogP contribution in [0, 0.1) is 6.92 Å². The molecule has 2 aromatic rings. The van der Waals surface area contributed by atoms with E-state index in [0.29, 0.717) is 0 Å². The SMILES string of the molecule is CCNCCc1nnc(-c2ccc(C)c(Cl)c2)s1. The van der Waals surface area contributed by atoms with Crippen molar-refractivity contribution in [3.8, 4) is 10.6 Å². The van der Waals surface area contributed by atoms with Gasteiger partial charge in [0.05, 0.1) is 0 Å². The number of benzene rings is 1. The monoisotopic (exact) mass is 281 g/mol. The second-order valence-electron chi connectivity index (χ2n) is 4.07. The molecule has 0 spiro atoms. The second kappa shape index (κ2) is 6.27. The molecule has 0 atom stereocenters. The first-order chi connectivity index (χ1) is 8.70. The van der Waals surface area contributed by atoms with E-state index >= 15 is 0 Å². The van der Waals surface area contributed by atoms with Gasteiger partial charge in [-0.15, -0.1) is 10.2 Å². The minimum absolute atomic E-state index is 0.775. The lowest BCUT2D eigenvalue weighted by Gasteiger charge is -1.99. The van der Waals surface area contributed by atoms with Crippen LogP contribution in [0.4, 0.5) is 0 Å². The van der Waals surface area contributed by atoms with Crippen molar-refractivity contribution in [3.63, 3.8) is 0 Å². The molecule has 0 bridgehead atoms. The molecule has 0 saturated carbocycles. The zero-order chi connectivity index (χ0) is 13.0. The van der Waals surface area contributed by atoms with E-state index in [1.165, 1.54) is 0 Å². The van der Waals surface area contributed by atoms with Gasteiger partial charge in [-0.1, -0.05) is 42.0 Å². The van der Waals surface area contributed by atoms with Crippen molar-refractivity contribution < 1.29 is 0 Å². The fourth-order valence-corrected chi connectivity index (χ4v) is 2.59. The summed E-state index contributed by atoms with van der Waals surface area (Å²) in [5, 5.41) is 14.5. The largest absolute Gasteiger partial charge is 0.317 e. The molecule has 18 heavy (non-hydrogen) atoms. The molecule has 96 valence electrons. The van der Waals surface area contributed by atoms with Gasteiger partial charge in [0, 0.05) is 23.6 Å². The van der Waals surface area contributed by atoms with Crippen molar-refractivity contribution in [2.75, 3.05) is 13.1 Å². The average Bonchev–Trinajstić information content (AvgIpc) is 2.82. The van der Waals surface area contributed by atoms with Gasteiger partial charge in [0.15, 0.2) is 0 Å². The van der Waals surface area contributed by atoms with E-state index in [1.54, 1.807) is 11.3 Å². The molecular formula is C13H16ClN3S. The number of nitrogens with zero attached hydrogens (tertiary/aromatic N) is 2. The zero-order valence-electron chi connectivity index (χ0n) is 10.5. The molecule has 0 fully saturated rings. The summed E-state index contributed by atoms with van der Waals surface area (Å²) in [7, 11) is 0. The Balaban J connectivity index is 2.11. The molecule has 1 heterocycles. The third-order valence-electron chi connectivity index (χ3n) is 2.65. The normalized spacial score (nSPS) is 10.8. The molecule has 0 aliphatic rings. The lowest BCUT2D eigenvalue weighted by Crippen LogP contribution is -2.15. The molecular weight excluding hydrogens is 266 g/mol. The fraction of sp³-hybridized carbons (Fsp3) is 0.385. The number of halogens is 1. The Morgan fingerprint density at radius 2 is 2.17 bits per heavy atom. The standard InChI is InChI=1S/C13H16ClN3S/c1-3-15-7-6-12-16-17-13(18-12)10-5-4-9(2)11(14)8-10/h4-5,8,15H,3,6-7H2,1-2H3. The van der Waals surface area contributed by atoms with Crippen molar-refractivity contribution in [2.45, 2.75) is 20.3 Å². The first kappa shape index (κ1) is 13.5. The maximum atomic E-state index is 6.12. The van der Waals surface area contributed by atoms with Gasteiger partial charge in [-0.05, 0) is 25.1 Å². The highest BCUT2D eigenvalue weighted by molar-refractivity contribution is 7.14. The van der Waals surface area contributed by atoms with Crippen LogP contribution in [0.3, 0.4) is 0 Å². The summed E-state index contributed by atoms with van der Waals surface area (Å²) in [5.74, 6) is 0. The van der Waals surface area contributed by atoms with Crippen molar-refractivity contribution >= 4 is 22.9 Å². The number of likely N-dealkylation sites (N-methyl/N-ethyl adjacent to an activating group) is 1. The number of hydrogen-bond acceptors (Lipinski definition) is 4. The maximum Gasteiger partial charge on any atom is 0.147 e. The van der Waals surface area contributed by atoms with Crippen molar-refractivity contribution in [1.29, 1.82) is 0 Å². The maximum absolute atomic E-state index is 6.12. The van der Waals surface area contributed by atoms with E-state index in [9.17, 15) is 0 Å². The Hall–Kier alpha value is -0.970. The second-order valence-corrected chi connectivity index (χ2v) is 5.54. The van der Waals surface area contributed by atoms with Crippen LogP contribution in [0.1, 0.15) is 17.5 Å². The van der Waals surface area contributed by atoms with Crippen LogP contribution in [-0.2, 0) is 6.42 Å². The van der Waals surface area contributed by atoms with E-state index in [0.717, 1.165) is 45.7 Å². The number of hydrogen-bond donors (Lipinski definition) is 1. The van der Waals surface area contributed by atoms with Crippen molar-refractivity contribution in [2.24, 2.45) is 0 Å². The molecule has 1 aromatic heterocycles. The highest BCUT2D eigenvalue weighted by Crippen LogP contribution is 2.27. The van der Waals surface area contributed by atoms with Crippen molar-refractivity contribution in [1.82, 2.24) is 15.5 Å². The van der Waals surface area contributed by atoms with E-state index in [4.69, 9.17) is 11.6 Å². The summed E-state index contributed by atoms with van der Waals surface area (Å²) in [6, 6.07) is 6.00. The Labute approximate surface area is 116 Å². The van der Waals surface area contributed by atoms with Gasteiger partial charge >= 0.3 is 0 Å². The quantitative estimate of drug-likeness (QED) is 0.855. The Morgan fingerprint density at radius 3 is 2.89 bits per heavy atom. The van der Waals surface area contributed by atoms with Crippen LogP contribution in [0.15, 0.2) is 18.2 Å². The predicted octanol–water partition coefficient (Wildman–Crippen LogP) is 3.32. The Morgan fingerprint density at radius 1 is 1.33 bits per heavy atom. The minimum atomic E-state index is 0.775. The predicted molar refractivity (Wildman–Crippen MR) is 77.3 cm³/mol. The van der Waals surface area contributed by atoms with E-state index in [2.05, 4.69) is 22.4 Å². The number of aryl methyl sites for hydroxylation is 1. The summed E-state index contributed by atoms with van der Waals surface area (Å²) < 4.78 is 0. The molecule has 1 N–H and O–H groups in total. The van der Waals surface area contributed by atoms with Crippen LogP contribution in [0.5, 0.6) is 0 Å². The lowest BCUT2D eigenvalue weighted by molar-refractivity contribution is 0.710. The van der Waals surface area contributed by atoms with Gasteiger partial charge in [0.25, 0.3) is 0 Å². The summed E-state index contributed by atoms with van der Waals surface area (Å²) in [6.45, 7) is 6.02. The van der Waals surface area contributed by atoms with Crippen LogP contribution >= 0.6 is 22.9 Å². The number of nitrogens with one attached hydrogen (secondary N) is 1. The van der Waals surface area contributed by atoms with Crippen LogP contribution in [-0.4, -0.2) is 23.3 Å². The Kier molecular flexibility index (Phi) is 4.69. The molecule has 0 unspecified atom stereocenters. The summed E-state index contributed by atoms with van der Waals surface area (Å²) in [4.78, 5) is 0. The smallest absolute Gasteiger partial charge is 0.147 e. The Bertz CT molecular complexity index is 525. The van der Waals surface area contributed by atoms with Crippen LogP contribution < -0.4 is 5.32 Å². The average molecular weight is 282 g/mol. The molecule has 0 amide bonds. The van der Waals surface area contributed by atoms with Gasteiger partial charge < -0.3 is 5.32 Å². The zero-order valence-corrected chi connectivity index (χ0v) is 12.1. The summed E-state index contributed by atoms with van der Waals surface area (Å²) in [6.07, 6.45) is 0.922. The highest BCUT2D eigenvalue weighted by Gasteiger charge is 2.07. The van der Waals surface area contributed by atoms with E-state index in [-0.39, 0.29) is 0 Å². The highest BCUT2D eigenvalue weighted by atomic mass is 35.5. The fourth-order valence-electron chi connectivity index (χ4n) is 1.57. The first-order valence-electron chi connectivity index (χ1n) is 6.00. The molecule has 0 aliphatic heterocycles. The molecule has 2 rings (SSSR count). The molecule has 1 aromatic carbocycles. The van der Waals surface area contributed by atoms with Gasteiger partial charge in [-0.2, -0.15) is 0 Å². The minimum Gasteiger partial charge on any atom is -0.317 e. The molecule has 0 saturated heterocycles. The van der Waals surface area contributed by atoms with Gasteiger partial charge in [0.2, 0.25) is 0 Å². The van der Waals surface area contributed by atoms with Crippen LogP contribution in [0.2, 0.25) is 5.02 Å². The van der Waals surface area contributed by atoms with E-state index in [1.807, 2.05) is 25.1 Å². The van der Waals surface area contributed by atoms with Crippen LogP contribution in [0.25, 0.3) is 10.6 Å². The van der Waals surface area contributed by atoms with Gasteiger partial charge in [0.1, 0.15) is 10.0 Å². The summed E-state index contributed by atoms with van der Waals surface area (Å²) >= 11 is 7.75. The molecule has 0 radical (unpaired) electrons. The molecule has 0 aliphatic carbocycles. The first-order valence-corrected chi connectivity index (χ1v) is 7.19. The molecule has 3 nitrogen and oxygen atoms in total. The number of rotatable bonds is 5. The number of aromatic nitrogens is 2. The van der Waals surface area contributed by atoms with E-state index < -0.39 is 0 Å². The third-order valence-corrected chi connectivity index (χ3v) is 4.09. The summed E-state index contributed by atoms with van der Waals surface area (Å²) in [5.41, 5.74) is 2.12. The van der Waals surface area contributed by atoms with Gasteiger partial charge in [-0.3, -0.25) is 0 Å².